The van der Waals surface area contributed by atoms with E-state index in [9.17, 15) is 9.90 Å². The van der Waals surface area contributed by atoms with E-state index < -0.39 is 5.97 Å². The average molecular weight is 253 g/mol. The molecule has 0 bridgehead atoms. The predicted octanol–water partition coefficient (Wildman–Crippen LogP) is 3.00. The second-order valence-corrected chi connectivity index (χ2v) is 6.37. The molecule has 2 aliphatic carbocycles. The molecule has 2 rings (SSSR count). The van der Waals surface area contributed by atoms with Gasteiger partial charge in [0.2, 0.25) is 0 Å². The second-order valence-electron chi connectivity index (χ2n) is 6.37. The highest BCUT2D eigenvalue weighted by Crippen LogP contribution is 2.36. The molecule has 0 aliphatic heterocycles. The van der Waals surface area contributed by atoms with Crippen molar-refractivity contribution in [2.45, 2.75) is 58.4 Å². The van der Waals surface area contributed by atoms with Gasteiger partial charge in [0.05, 0.1) is 5.92 Å². The first-order valence-corrected chi connectivity index (χ1v) is 7.58. The topological polar surface area (TPSA) is 40.5 Å². The minimum atomic E-state index is -0.580. The molecule has 2 aliphatic rings. The number of nitrogens with zero attached hydrogens (tertiary/aromatic N) is 1. The minimum Gasteiger partial charge on any atom is -0.481 e. The lowest BCUT2D eigenvalue weighted by molar-refractivity contribution is -0.146. The third-order valence-electron chi connectivity index (χ3n) is 4.57. The molecule has 0 heterocycles. The van der Waals surface area contributed by atoms with Crippen LogP contribution in [0.3, 0.4) is 0 Å². The molecule has 3 unspecified atom stereocenters. The van der Waals surface area contributed by atoms with Gasteiger partial charge in [-0.15, -0.1) is 0 Å². The summed E-state index contributed by atoms with van der Waals surface area (Å²) in [5.74, 6) is 0.822. The maximum atomic E-state index is 11.5. The van der Waals surface area contributed by atoms with Crippen LogP contribution in [0.2, 0.25) is 0 Å². The first-order valence-electron chi connectivity index (χ1n) is 7.58. The minimum absolute atomic E-state index is 0.133. The summed E-state index contributed by atoms with van der Waals surface area (Å²) in [7, 11) is 0. The zero-order valence-corrected chi connectivity index (χ0v) is 11.8. The molecule has 0 saturated heterocycles. The highest BCUT2D eigenvalue weighted by Gasteiger charge is 2.38. The van der Waals surface area contributed by atoms with Crippen LogP contribution < -0.4 is 0 Å². The van der Waals surface area contributed by atoms with E-state index in [4.69, 9.17) is 0 Å². The first kappa shape index (κ1) is 13.9. The quantitative estimate of drug-likeness (QED) is 0.791. The van der Waals surface area contributed by atoms with Gasteiger partial charge in [-0.3, -0.25) is 9.69 Å². The summed E-state index contributed by atoms with van der Waals surface area (Å²) in [6.45, 7) is 6.67. The molecular formula is C15H27NO2. The smallest absolute Gasteiger partial charge is 0.308 e. The lowest BCUT2D eigenvalue weighted by Crippen LogP contribution is -2.48. The third kappa shape index (κ3) is 3.47. The molecule has 3 heteroatoms. The zero-order chi connectivity index (χ0) is 13.1. The summed E-state index contributed by atoms with van der Waals surface area (Å²) in [5, 5.41) is 9.44. The van der Waals surface area contributed by atoms with Gasteiger partial charge in [-0.1, -0.05) is 13.8 Å². The fraction of sp³-hybridized carbons (Fsp3) is 0.933. The standard InChI is InChI=1S/C15H27NO2/c1-3-8-16(10-12-5-6-12)14-9-11(2)4-7-13(14)15(17)18/h11-14H,3-10H2,1-2H3,(H,17,18). The Morgan fingerprint density at radius 1 is 1.28 bits per heavy atom. The van der Waals surface area contributed by atoms with Gasteiger partial charge >= 0.3 is 5.97 Å². The van der Waals surface area contributed by atoms with Gasteiger partial charge in [-0.05, 0) is 56.9 Å². The summed E-state index contributed by atoms with van der Waals surface area (Å²) in [6.07, 6.45) is 6.84. The van der Waals surface area contributed by atoms with Crippen LogP contribution in [0.25, 0.3) is 0 Å². The molecule has 18 heavy (non-hydrogen) atoms. The molecule has 0 aromatic heterocycles. The Morgan fingerprint density at radius 2 is 2.00 bits per heavy atom. The number of carboxylic acids is 1. The number of carboxylic acid groups (broad SMARTS) is 1. The van der Waals surface area contributed by atoms with E-state index in [1.807, 2.05) is 0 Å². The van der Waals surface area contributed by atoms with Gasteiger partial charge in [-0.25, -0.2) is 0 Å². The van der Waals surface area contributed by atoms with Crippen LogP contribution in [0, 0.1) is 17.8 Å². The SMILES string of the molecule is CCCN(CC1CC1)C1CC(C)CCC1C(=O)O. The van der Waals surface area contributed by atoms with Gasteiger partial charge < -0.3 is 5.11 Å². The van der Waals surface area contributed by atoms with Gasteiger partial charge in [0.25, 0.3) is 0 Å². The molecule has 0 amide bonds. The van der Waals surface area contributed by atoms with E-state index in [1.165, 1.54) is 12.8 Å². The highest BCUT2D eigenvalue weighted by molar-refractivity contribution is 5.71. The third-order valence-corrected chi connectivity index (χ3v) is 4.57. The number of rotatable bonds is 6. The predicted molar refractivity (Wildman–Crippen MR) is 72.5 cm³/mol. The fourth-order valence-corrected chi connectivity index (χ4v) is 3.35. The lowest BCUT2D eigenvalue weighted by Gasteiger charge is -2.40. The Hall–Kier alpha value is -0.570. The molecule has 3 atom stereocenters. The molecule has 0 aromatic carbocycles. The Kier molecular flexibility index (Phi) is 4.66. The molecule has 2 saturated carbocycles. The van der Waals surface area contributed by atoms with Crippen molar-refractivity contribution in [3.8, 4) is 0 Å². The maximum Gasteiger partial charge on any atom is 0.308 e. The van der Waals surface area contributed by atoms with Crippen molar-refractivity contribution in [1.82, 2.24) is 4.90 Å². The Labute approximate surface area is 111 Å². The van der Waals surface area contributed by atoms with Crippen LogP contribution in [-0.2, 0) is 4.79 Å². The van der Waals surface area contributed by atoms with Crippen LogP contribution in [0.15, 0.2) is 0 Å². The molecule has 104 valence electrons. The van der Waals surface area contributed by atoms with Crippen LogP contribution in [0.4, 0.5) is 0 Å². The van der Waals surface area contributed by atoms with Crippen molar-refractivity contribution in [2.24, 2.45) is 17.8 Å². The lowest BCUT2D eigenvalue weighted by atomic mass is 9.78. The largest absolute Gasteiger partial charge is 0.481 e. The molecule has 0 spiro atoms. The Bertz CT molecular complexity index is 288. The van der Waals surface area contributed by atoms with Gasteiger partial charge in [0.1, 0.15) is 0 Å². The number of hydrogen-bond donors (Lipinski definition) is 1. The highest BCUT2D eigenvalue weighted by atomic mass is 16.4. The zero-order valence-electron chi connectivity index (χ0n) is 11.8. The number of aliphatic carboxylic acids is 1. The van der Waals surface area contributed by atoms with E-state index in [0.717, 1.165) is 44.7 Å². The van der Waals surface area contributed by atoms with E-state index in [2.05, 4.69) is 18.7 Å². The van der Waals surface area contributed by atoms with Crippen LogP contribution >= 0.6 is 0 Å². The maximum absolute atomic E-state index is 11.5. The Balaban J connectivity index is 2.04. The molecule has 0 radical (unpaired) electrons. The van der Waals surface area contributed by atoms with Crippen molar-refractivity contribution in [1.29, 1.82) is 0 Å². The van der Waals surface area contributed by atoms with E-state index in [0.29, 0.717) is 5.92 Å². The van der Waals surface area contributed by atoms with Gasteiger partial charge in [0.15, 0.2) is 0 Å². The van der Waals surface area contributed by atoms with Crippen molar-refractivity contribution in [3.63, 3.8) is 0 Å². The van der Waals surface area contributed by atoms with Crippen molar-refractivity contribution >= 4 is 5.97 Å². The summed E-state index contributed by atoms with van der Waals surface area (Å²) in [6, 6.07) is 0.284. The van der Waals surface area contributed by atoms with E-state index >= 15 is 0 Å². The molecule has 0 aromatic rings. The van der Waals surface area contributed by atoms with Gasteiger partial charge in [0, 0.05) is 12.6 Å². The summed E-state index contributed by atoms with van der Waals surface area (Å²) >= 11 is 0. The first-order chi connectivity index (χ1) is 8.61. The molecular weight excluding hydrogens is 226 g/mol. The van der Waals surface area contributed by atoms with E-state index in [1.54, 1.807) is 0 Å². The van der Waals surface area contributed by atoms with Crippen LogP contribution in [0.1, 0.15) is 52.4 Å². The van der Waals surface area contributed by atoms with Crippen molar-refractivity contribution in [2.75, 3.05) is 13.1 Å². The summed E-state index contributed by atoms with van der Waals surface area (Å²) in [4.78, 5) is 13.9. The summed E-state index contributed by atoms with van der Waals surface area (Å²) < 4.78 is 0. The van der Waals surface area contributed by atoms with Gasteiger partial charge in [-0.2, -0.15) is 0 Å². The average Bonchev–Trinajstić information content (AvgIpc) is 3.12. The van der Waals surface area contributed by atoms with E-state index in [-0.39, 0.29) is 12.0 Å². The number of carbonyl (C=O) groups is 1. The molecule has 1 N–H and O–H groups in total. The van der Waals surface area contributed by atoms with Crippen LogP contribution in [-0.4, -0.2) is 35.1 Å². The fourth-order valence-electron chi connectivity index (χ4n) is 3.35. The monoisotopic (exact) mass is 253 g/mol. The second kappa shape index (κ2) is 6.05. The van der Waals surface area contributed by atoms with Crippen molar-refractivity contribution < 1.29 is 9.90 Å². The molecule has 2 fully saturated rings. The Morgan fingerprint density at radius 3 is 2.56 bits per heavy atom. The van der Waals surface area contributed by atoms with Crippen molar-refractivity contribution in [3.05, 3.63) is 0 Å². The molecule has 3 nitrogen and oxygen atoms in total. The normalized spacial score (nSPS) is 32.7. The summed E-state index contributed by atoms with van der Waals surface area (Å²) in [5.41, 5.74) is 0. The number of hydrogen-bond acceptors (Lipinski definition) is 2. The van der Waals surface area contributed by atoms with Crippen LogP contribution in [0.5, 0.6) is 0 Å².